The smallest absolute Gasteiger partial charge is 0.349 e. The Labute approximate surface area is 64.3 Å². The third-order valence-corrected chi connectivity index (χ3v) is 0.790. The van der Waals surface area contributed by atoms with Gasteiger partial charge in [0.05, 0.1) is 5.82 Å². The van der Waals surface area contributed by atoms with E-state index in [1.54, 1.807) is 7.05 Å². The molecule has 0 aromatic carbocycles. The average Bonchev–Trinajstić information content (AvgIpc) is 1.85. The zero-order valence-electron chi connectivity index (χ0n) is 6.22. The molecule has 0 aliphatic heterocycles. The van der Waals surface area contributed by atoms with Crippen LogP contribution >= 0.6 is 0 Å². The van der Waals surface area contributed by atoms with E-state index in [0.717, 1.165) is 0 Å². The van der Waals surface area contributed by atoms with E-state index in [4.69, 9.17) is 11.5 Å². The lowest BCUT2D eigenvalue weighted by Crippen LogP contribution is -2.31. The predicted octanol–water partition coefficient (Wildman–Crippen LogP) is -1.34. The molecule has 0 aromatic rings. The first-order valence-electron chi connectivity index (χ1n) is 2.83. The molecule has 0 radical (unpaired) electrons. The van der Waals surface area contributed by atoms with E-state index in [1.807, 2.05) is 0 Å². The quantitative estimate of drug-likeness (QED) is 0.294. The Morgan fingerprint density at radius 3 is 2.45 bits per heavy atom. The van der Waals surface area contributed by atoms with Crippen LogP contribution in [-0.4, -0.2) is 19.0 Å². The molecule has 0 aliphatic rings. The lowest BCUT2D eigenvalue weighted by molar-refractivity contribution is 0.251. The Morgan fingerprint density at radius 1 is 1.55 bits per heavy atom. The number of amides is 2. The van der Waals surface area contributed by atoms with E-state index < -0.39 is 6.03 Å². The van der Waals surface area contributed by atoms with Crippen molar-refractivity contribution in [1.29, 1.82) is 0 Å². The average molecular weight is 157 g/mol. The number of carbonyl (C=O) groups is 1. The summed E-state index contributed by atoms with van der Waals surface area (Å²) >= 11 is 0. The van der Waals surface area contributed by atoms with Gasteiger partial charge in [0.2, 0.25) is 0 Å². The highest BCUT2D eigenvalue weighted by atomic mass is 16.2. The van der Waals surface area contributed by atoms with Gasteiger partial charge in [-0.25, -0.2) is 4.79 Å². The molecule has 0 aliphatic carbocycles. The van der Waals surface area contributed by atoms with Gasteiger partial charge >= 0.3 is 6.03 Å². The van der Waals surface area contributed by atoms with Crippen molar-refractivity contribution < 1.29 is 4.79 Å². The van der Waals surface area contributed by atoms with Crippen LogP contribution in [0, 0.1) is 0 Å². The van der Waals surface area contributed by atoms with Gasteiger partial charge in [0, 0.05) is 7.05 Å². The van der Waals surface area contributed by atoms with Gasteiger partial charge in [0.1, 0.15) is 0 Å². The number of hydrogen-bond donors (Lipinski definition) is 4. The summed E-state index contributed by atoms with van der Waals surface area (Å²) in [6.45, 7) is 3.43. The lowest BCUT2D eigenvalue weighted by atomic mass is 10.7. The highest BCUT2D eigenvalue weighted by molar-refractivity contribution is 5.91. The Hall–Kier alpha value is -1.72. The second-order valence-corrected chi connectivity index (χ2v) is 1.70. The Kier molecular flexibility index (Phi) is 3.50. The Balaban J connectivity index is 3.89. The summed E-state index contributed by atoms with van der Waals surface area (Å²) in [5.74, 6) is 0.0476. The number of aliphatic imine (C=N–C) groups is 1. The molecule has 6 heteroatoms. The SMILES string of the molecule is C=C(NC)NC(=O)N=C(N)N. The molecule has 0 saturated heterocycles. The van der Waals surface area contributed by atoms with Crippen molar-refractivity contribution >= 4 is 12.0 Å². The van der Waals surface area contributed by atoms with E-state index in [1.165, 1.54) is 0 Å². The Morgan fingerprint density at radius 2 is 2.09 bits per heavy atom. The molecular weight excluding hydrogens is 146 g/mol. The van der Waals surface area contributed by atoms with Crippen molar-refractivity contribution in [2.24, 2.45) is 16.5 Å². The predicted molar refractivity (Wildman–Crippen MR) is 42.5 cm³/mol. The first-order chi connectivity index (χ1) is 5.06. The number of rotatable bonds is 2. The van der Waals surface area contributed by atoms with Crippen molar-refractivity contribution in [3.8, 4) is 0 Å². The number of urea groups is 1. The molecule has 0 spiro atoms. The molecule has 0 heterocycles. The van der Waals surface area contributed by atoms with Gasteiger partial charge < -0.3 is 16.8 Å². The number of guanidine groups is 1. The van der Waals surface area contributed by atoms with Crippen molar-refractivity contribution in [1.82, 2.24) is 10.6 Å². The van der Waals surface area contributed by atoms with Crippen molar-refractivity contribution in [3.63, 3.8) is 0 Å². The number of carbonyl (C=O) groups excluding carboxylic acids is 1. The maximum Gasteiger partial charge on any atom is 0.349 e. The molecule has 0 atom stereocenters. The topological polar surface area (TPSA) is 106 Å². The van der Waals surface area contributed by atoms with E-state index in [9.17, 15) is 4.79 Å². The molecule has 0 unspecified atom stereocenters. The molecular formula is C5H11N5O. The molecule has 0 bridgehead atoms. The summed E-state index contributed by atoms with van der Waals surface area (Å²) in [7, 11) is 1.61. The maximum absolute atomic E-state index is 10.7. The van der Waals surface area contributed by atoms with Crippen molar-refractivity contribution in [2.45, 2.75) is 0 Å². The van der Waals surface area contributed by atoms with Crippen LogP contribution < -0.4 is 22.1 Å². The molecule has 62 valence electrons. The van der Waals surface area contributed by atoms with Crippen LogP contribution in [0.25, 0.3) is 0 Å². The normalized spacial score (nSPS) is 8.09. The van der Waals surface area contributed by atoms with Gasteiger partial charge in [-0.1, -0.05) is 6.58 Å². The third-order valence-electron chi connectivity index (χ3n) is 0.790. The minimum Gasteiger partial charge on any atom is -0.375 e. The van der Waals surface area contributed by atoms with Crippen LogP contribution in [0.3, 0.4) is 0 Å². The van der Waals surface area contributed by atoms with Gasteiger partial charge in [-0.15, -0.1) is 0 Å². The minimum atomic E-state index is -0.649. The zero-order chi connectivity index (χ0) is 8.85. The molecule has 6 N–H and O–H groups in total. The minimum absolute atomic E-state index is 0.286. The number of nitrogens with zero attached hydrogens (tertiary/aromatic N) is 1. The van der Waals surface area contributed by atoms with Gasteiger partial charge in [-0.05, 0) is 0 Å². The fourth-order valence-electron chi connectivity index (χ4n) is 0.337. The lowest BCUT2D eigenvalue weighted by Gasteiger charge is -2.02. The molecule has 6 nitrogen and oxygen atoms in total. The summed E-state index contributed by atoms with van der Waals surface area (Å²) in [4.78, 5) is 13.8. The first-order valence-corrected chi connectivity index (χ1v) is 2.83. The Bertz CT molecular complexity index is 193. The molecule has 0 fully saturated rings. The van der Waals surface area contributed by atoms with Crippen LogP contribution in [0.5, 0.6) is 0 Å². The second-order valence-electron chi connectivity index (χ2n) is 1.70. The van der Waals surface area contributed by atoms with Crippen LogP contribution in [-0.2, 0) is 0 Å². The zero-order valence-corrected chi connectivity index (χ0v) is 6.22. The van der Waals surface area contributed by atoms with Crippen LogP contribution in [0.4, 0.5) is 4.79 Å². The maximum atomic E-state index is 10.7. The van der Waals surface area contributed by atoms with Crippen LogP contribution in [0.2, 0.25) is 0 Å². The van der Waals surface area contributed by atoms with Gasteiger partial charge in [0.25, 0.3) is 0 Å². The van der Waals surface area contributed by atoms with E-state index >= 15 is 0 Å². The van der Waals surface area contributed by atoms with Crippen molar-refractivity contribution in [2.75, 3.05) is 7.05 Å². The van der Waals surface area contributed by atoms with Gasteiger partial charge in [0.15, 0.2) is 5.96 Å². The monoisotopic (exact) mass is 157 g/mol. The summed E-state index contributed by atoms with van der Waals surface area (Å²) in [5, 5.41) is 4.86. The van der Waals surface area contributed by atoms with Gasteiger partial charge in [-0.3, -0.25) is 5.32 Å². The fourth-order valence-corrected chi connectivity index (χ4v) is 0.337. The standard InChI is InChI=1S/C5H11N5O/c1-3(8-2)9-5(11)10-4(6)7/h8H,1H2,2H3,(H5,6,7,9,10,11). The number of hydrogen-bond acceptors (Lipinski definition) is 2. The van der Waals surface area contributed by atoms with E-state index in [-0.39, 0.29) is 5.96 Å². The molecule has 2 amide bonds. The van der Waals surface area contributed by atoms with E-state index in [0.29, 0.717) is 5.82 Å². The molecule has 0 saturated carbocycles. The second kappa shape index (κ2) is 4.15. The number of nitrogens with two attached hydrogens (primary N) is 2. The fraction of sp³-hybridized carbons (Fsp3) is 0.200. The van der Waals surface area contributed by atoms with Crippen LogP contribution in [0.15, 0.2) is 17.4 Å². The molecule has 0 aromatic heterocycles. The molecule has 0 rings (SSSR count). The van der Waals surface area contributed by atoms with E-state index in [2.05, 4.69) is 22.2 Å². The summed E-state index contributed by atoms with van der Waals surface area (Å²) in [6, 6.07) is -0.649. The van der Waals surface area contributed by atoms with Gasteiger partial charge in [-0.2, -0.15) is 4.99 Å². The highest BCUT2D eigenvalue weighted by Gasteiger charge is 1.97. The molecule has 11 heavy (non-hydrogen) atoms. The summed E-state index contributed by atoms with van der Waals surface area (Å²) < 4.78 is 0. The summed E-state index contributed by atoms with van der Waals surface area (Å²) in [6.07, 6.45) is 0. The largest absolute Gasteiger partial charge is 0.375 e. The summed E-state index contributed by atoms with van der Waals surface area (Å²) in [5.41, 5.74) is 9.85. The number of nitrogens with one attached hydrogen (secondary N) is 2. The first kappa shape index (κ1) is 9.28. The van der Waals surface area contributed by atoms with Crippen molar-refractivity contribution in [3.05, 3.63) is 12.4 Å². The van der Waals surface area contributed by atoms with Crippen LogP contribution in [0.1, 0.15) is 0 Å². The third kappa shape index (κ3) is 4.76. The highest BCUT2D eigenvalue weighted by Crippen LogP contribution is 1.77.